The van der Waals surface area contributed by atoms with Gasteiger partial charge < -0.3 is 4.80 Å². The van der Waals surface area contributed by atoms with Crippen LogP contribution < -0.4 is 0 Å². The second-order valence-corrected chi connectivity index (χ2v) is 5.00. The van der Waals surface area contributed by atoms with Crippen LogP contribution in [0.3, 0.4) is 0 Å². The molecule has 0 atom stereocenters. The highest BCUT2D eigenvalue weighted by atomic mass is 28.2. The Balaban J connectivity index is 2.76. The number of unbranched alkanes of at least 4 members (excludes halogenated alkanes) is 8. The van der Waals surface area contributed by atoms with Crippen molar-refractivity contribution in [2.75, 3.05) is 0 Å². The molecule has 0 fully saturated rings. The fourth-order valence-electron chi connectivity index (χ4n) is 1.59. The van der Waals surface area contributed by atoms with Crippen LogP contribution in [0.25, 0.3) is 0 Å². The minimum Gasteiger partial charge on any atom is -0.306 e. The van der Waals surface area contributed by atoms with Gasteiger partial charge in [-0.15, -0.1) is 0 Å². The maximum absolute atomic E-state index is 10.3. The summed E-state index contributed by atoms with van der Waals surface area (Å²) in [5, 5.41) is 0. The third kappa shape index (κ3) is 12.2. The minimum atomic E-state index is -0.887. The molecular formula is C11H25OSi. The van der Waals surface area contributed by atoms with Crippen LogP contribution in [0.2, 0.25) is 6.04 Å². The van der Waals surface area contributed by atoms with Gasteiger partial charge in [0.2, 0.25) is 9.76 Å². The summed E-state index contributed by atoms with van der Waals surface area (Å²) in [7, 11) is -0.887. The van der Waals surface area contributed by atoms with Gasteiger partial charge in [0.1, 0.15) is 0 Å². The Kier molecular flexibility index (Phi) is 12.3. The van der Waals surface area contributed by atoms with E-state index >= 15 is 0 Å². The first kappa shape index (κ1) is 13.2. The van der Waals surface area contributed by atoms with Gasteiger partial charge in [-0.2, -0.15) is 0 Å². The highest BCUT2D eigenvalue weighted by molar-refractivity contribution is 6.24. The van der Waals surface area contributed by atoms with E-state index in [4.69, 9.17) is 0 Å². The van der Waals surface area contributed by atoms with E-state index in [1.807, 2.05) is 0 Å². The van der Waals surface area contributed by atoms with E-state index in [1.165, 1.54) is 57.8 Å². The normalized spacial score (nSPS) is 11.5. The average molecular weight is 201 g/mol. The lowest BCUT2D eigenvalue weighted by molar-refractivity contribution is 0.468. The van der Waals surface area contributed by atoms with Crippen LogP contribution in [0.15, 0.2) is 0 Å². The van der Waals surface area contributed by atoms with Crippen molar-refractivity contribution in [3.63, 3.8) is 0 Å². The SMILES string of the molecule is CCCCCCCCCCC[SiH2][O]. The Morgan fingerprint density at radius 3 is 1.69 bits per heavy atom. The maximum Gasteiger partial charge on any atom is 0.207 e. The first-order valence-corrected chi connectivity index (χ1v) is 7.57. The zero-order valence-electron chi connectivity index (χ0n) is 9.19. The number of hydrogen-bond acceptors (Lipinski definition) is 0. The van der Waals surface area contributed by atoms with E-state index in [0.29, 0.717) is 0 Å². The van der Waals surface area contributed by atoms with Crippen molar-refractivity contribution < 1.29 is 4.80 Å². The summed E-state index contributed by atoms with van der Waals surface area (Å²) in [6.07, 6.45) is 12.3. The van der Waals surface area contributed by atoms with Gasteiger partial charge >= 0.3 is 0 Å². The van der Waals surface area contributed by atoms with Gasteiger partial charge in [-0.25, -0.2) is 0 Å². The molecule has 0 aromatic rings. The highest BCUT2D eigenvalue weighted by Gasteiger charge is 1.91. The summed E-state index contributed by atoms with van der Waals surface area (Å²) < 4.78 is 0. The summed E-state index contributed by atoms with van der Waals surface area (Å²) in [4.78, 5) is 10.3. The van der Waals surface area contributed by atoms with Crippen molar-refractivity contribution in [1.82, 2.24) is 0 Å². The first-order valence-electron chi connectivity index (χ1n) is 6.00. The van der Waals surface area contributed by atoms with Crippen molar-refractivity contribution >= 4 is 9.76 Å². The Labute approximate surface area is 85.9 Å². The fourth-order valence-corrected chi connectivity index (χ4v) is 2.15. The third-order valence-electron chi connectivity index (χ3n) is 2.50. The lowest BCUT2D eigenvalue weighted by atomic mass is 10.1. The predicted octanol–water partition coefficient (Wildman–Crippen LogP) is 3.45. The van der Waals surface area contributed by atoms with Crippen molar-refractivity contribution in [3.05, 3.63) is 0 Å². The molecule has 0 spiro atoms. The standard InChI is InChI=1S/C11H25OSi/c1-2-3-4-5-6-7-8-9-10-11-13-12/h2-11,13H2,1H3. The zero-order chi connectivity index (χ0) is 9.78. The van der Waals surface area contributed by atoms with E-state index in [-0.39, 0.29) is 0 Å². The van der Waals surface area contributed by atoms with Crippen LogP contribution in [0, 0.1) is 0 Å². The molecular weight excluding hydrogens is 176 g/mol. The van der Waals surface area contributed by atoms with E-state index in [1.54, 1.807) is 0 Å². The Morgan fingerprint density at radius 1 is 0.769 bits per heavy atom. The molecule has 0 saturated heterocycles. The average Bonchev–Trinajstić information content (AvgIpc) is 2.16. The van der Waals surface area contributed by atoms with E-state index in [9.17, 15) is 4.80 Å². The topological polar surface area (TPSA) is 19.9 Å². The second kappa shape index (κ2) is 12.2. The van der Waals surface area contributed by atoms with Crippen LogP contribution in [-0.4, -0.2) is 9.76 Å². The van der Waals surface area contributed by atoms with Gasteiger partial charge in [-0.05, 0) is 6.04 Å². The van der Waals surface area contributed by atoms with Gasteiger partial charge in [0.25, 0.3) is 0 Å². The largest absolute Gasteiger partial charge is 0.306 e. The van der Waals surface area contributed by atoms with Crippen molar-refractivity contribution in [3.8, 4) is 0 Å². The lowest BCUT2D eigenvalue weighted by Crippen LogP contribution is -1.85. The lowest BCUT2D eigenvalue weighted by Gasteiger charge is -2.00. The van der Waals surface area contributed by atoms with Crippen molar-refractivity contribution in [1.29, 1.82) is 0 Å². The van der Waals surface area contributed by atoms with E-state index < -0.39 is 9.76 Å². The molecule has 0 amide bonds. The highest BCUT2D eigenvalue weighted by Crippen LogP contribution is 2.10. The summed E-state index contributed by atoms with van der Waals surface area (Å²) in [6, 6.07) is 1.02. The van der Waals surface area contributed by atoms with Gasteiger partial charge in [-0.1, -0.05) is 64.7 Å². The van der Waals surface area contributed by atoms with Gasteiger partial charge in [-0.3, -0.25) is 0 Å². The molecule has 1 nitrogen and oxygen atoms in total. The van der Waals surface area contributed by atoms with Crippen LogP contribution in [0.4, 0.5) is 0 Å². The van der Waals surface area contributed by atoms with Crippen molar-refractivity contribution in [2.24, 2.45) is 0 Å². The summed E-state index contributed by atoms with van der Waals surface area (Å²) in [5.41, 5.74) is 0. The summed E-state index contributed by atoms with van der Waals surface area (Å²) in [6.45, 7) is 2.26. The molecule has 0 aromatic heterocycles. The van der Waals surface area contributed by atoms with E-state index in [0.717, 1.165) is 6.04 Å². The van der Waals surface area contributed by atoms with Crippen LogP contribution >= 0.6 is 0 Å². The molecule has 0 aliphatic rings. The molecule has 0 N–H and O–H groups in total. The Hall–Kier alpha value is 0.177. The quantitative estimate of drug-likeness (QED) is 0.381. The fraction of sp³-hybridized carbons (Fsp3) is 1.00. The van der Waals surface area contributed by atoms with Gasteiger partial charge in [0.05, 0.1) is 0 Å². The molecule has 1 radical (unpaired) electrons. The molecule has 0 aromatic carbocycles. The molecule has 79 valence electrons. The number of hydrogen-bond donors (Lipinski definition) is 0. The molecule has 0 bridgehead atoms. The molecule has 0 heterocycles. The minimum absolute atomic E-state index is 0.887. The monoisotopic (exact) mass is 201 g/mol. The van der Waals surface area contributed by atoms with Crippen molar-refractivity contribution in [2.45, 2.75) is 70.8 Å². The number of rotatable bonds is 10. The summed E-state index contributed by atoms with van der Waals surface area (Å²) in [5.74, 6) is 0. The summed E-state index contributed by atoms with van der Waals surface area (Å²) >= 11 is 0. The molecule has 0 aliphatic heterocycles. The van der Waals surface area contributed by atoms with Gasteiger partial charge in [0, 0.05) is 0 Å². The molecule has 0 saturated carbocycles. The van der Waals surface area contributed by atoms with Gasteiger partial charge in [0.15, 0.2) is 0 Å². The predicted molar refractivity (Wildman–Crippen MR) is 61.3 cm³/mol. The first-order chi connectivity index (χ1) is 6.41. The third-order valence-corrected chi connectivity index (χ3v) is 3.29. The van der Waals surface area contributed by atoms with E-state index in [2.05, 4.69) is 6.92 Å². The molecule has 13 heavy (non-hydrogen) atoms. The van der Waals surface area contributed by atoms with Crippen LogP contribution in [0.5, 0.6) is 0 Å². The maximum atomic E-state index is 10.3. The second-order valence-electron chi connectivity index (χ2n) is 3.89. The molecule has 0 unspecified atom stereocenters. The van der Waals surface area contributed by atoms with Crippen LogP contribution in [0.1, 0.15) is 64.7 Å². The molecule has 0 aliphatic carbocycles. The van der Waals surface area contributed by atoms with Crippen LogP contribution in [-0.2, 0) is 4.80 Å². The molecule has 2 heteroatoms. The Bertz CT molecular complexity index is 76.2. The smallest absolute Gasteiger partial charge is 0.207 e. The molecule has 0 rings (SSSR count). The Morgan fingerprint density at radius 2 is 1.23 bits per heavy atom. The zero-order valence-corrected chi connectivity index (χ0v) is 10.6.